The summed E-state index contributed by atoms with van der Waals surface area (Å²) in [5, 5.41) is 3.34. The molecule has 0 aromatic heterocycles. The highest BCUT2D eigenvalue weighted by atomic mass is 19.1. The molecule has 0 unspecified atom stereocenters. The van der Waals surface area contributed by atoms with Gasteiger partial charge in [-0.05, 0) is 55.3 Å². The molecule has 0 heterocycles. The predicted molar refractivity (Wildman–Crippen MR) is 86.2 cm³/mol. The fourth-order valence-electron chi connectivity index (χ4n) is 2.32. The van der Waals surface area contributed by atoms with Gasteiger partial charge in [0.2, 0.25) is 0 Å². The van der Waals surface area contributed by atoms with Crippen molar-refractivity contribution in [1.29, 1.82) is 0 Å². The topological polar surface area (TPSA) is 30.5 Å². The molecule has 0 aliphatic carbocycles. The van der Waals surface area contributed by atoms with E-state index in [1.54, 1.807) is 19.2 Å². The summed E-state index contributed by atoms with van der Waals surface area (Å²) in [6.07, 6.45) is 1.55. The first-order chi connectivity index (χ1) is 10.7. The number of halogens is 1. The first-order valence-corrected chi connectivity index (χ1v) is 7.39. The molecule has 0 aliphatic rings. The van der Waals surface area contributed by atoms with Crippen LogP contribution < -0.4 is 14.8 Å². The van der Waals surface area contributed by atoms with E-state index in [1.165, 1.54) is 12.7 Å². The van der Waals surface area contributed by atoms with Gasteiger partial charge in [-0.1, -0.05) is 24.3 Å². The first kappa shape index (κ1) is 16.3. The highest BCUT2D eigenvalue weighted by molar-refractivity contribution is 5.31. The minimum Gasteiger partial charge on any atom is -0.497 e. The number of nitrogens with one attached hydrogen (secondary N) is 1. The maximum atomic E-state index is 14.0. The molecule has 2 aromatic carbocycles. The van der Waals surface area contributed by atoms with Gasteiger partial charge in [-0.3, -0.25) is 0 Å². The normalized spacial score (nSPS) is 10.5. The van der Waals surface area contributed by atoms with Gasteiger partial charge in [0.1, 0.15) is 5.75 Å². The second-order valence-electron chi connectivity index (χ2n) is 5.03. The number of hydrogen-bond acceptors (Lipinski definition) is 3. The lowest BCUT2D eigenvalue weighted by Gasteiger charge is -2.09. The Morgan fingerprint density at radius 1 is 0.955 bits per heavy atom. The number of rotatable bonds is 8. The van der Waals surface area contributed by atoms with Crippen LogP contribution in [0.1, 0.15) is 11.1 Å². The molecule has 0 fully saturated rings. The van der Waals surface area contributed by atoms with Crippen molar-refractivity contribution in [2.75, 3.05) is 27.3 Å². The minimum atomic E-state index is -0.264. The summed E-state index contributed by atoms with van der Waals surface area (Å²) in [7, 11) is 3.15. The summed E-state index contributed by atoms with van der Waals surface area (Å²) >= 11 is 0. The van der Waals surface area contributed by atoms with E-state index in [-0.39, 0.29) is 5.82 Å². The Kier molecular flexibility index (Phi) is 6.22. The molecule has 0 bridgehead atoms. The highest BCUT2D eigenvalue weighted by Gasteiger charge is 2.07. The van der Waals surface area contributed by atoms with Crippen molar-refractivity contribution in [3.8, 4) is 11.5 Å². The average Bonchev–Trinajstić information content (AvgIpc) is 2.56. The molecular formula is C18H22FNO2. The summed E-state index contributed by atoms with van der Waals surface area (Å²) in [6.45, 7) is 1.58. The van der Waals surface area contributed by atoms with Crippen molar-refractivity contribution in [1.82, 2.24) is 5.32 Å². The molecule has 2 aromatic rings. The molecule has 22 heavy (non-hydrogen) atoms. The number of methoxy groups -OCH3 is 2. The van der Waals surface area contributed by atoms with E-state index in [0.717, 1.165) is 25.3 Å². The van der Waals surface area contributed by atoms with E-state index in [2.05, 4.69) is 11.4 Å². The summed E-state index contributed by atoms with van der Waals surface area (Å²) in [5.41, 5.74) is 1.90. The molecule has 2 rings (SSSR count). The first-order valence-electron chi connectivity index (χ1n) is 7.39. The van der Waals surface area contributed by atoms with Crippen molar-refractivity contribution >= 4 is 0 Å². The molecule has 0 atom stereocenters. The quantitative estimate of drug-likeness (QED) is 0.760. The van der Waals surface area contributed by atoms with Crippen molar-refractivity contribution in [2.24, 2.45) is 0 Å². The summed E-state index contributed by atoms with van der Waals surface area (Å²) < 4.78 is 24.2. The van der Waals surface area contributed by atoms with Gasteiger partial charge in [0.05, 0.1) is 14.2 Å². The fourth-order valence-corrected chi connectivity index (χ4v) is 2.32. The van der Waals surface area contributed by atoms with Crippen molar-refractivity contribution < 1.29 is 13.9 Å². The minimum absolute atomic E-state index is 0.264. The SMILES string of the molecule is COc1cccc(CCNCCc2cccc(OC)c2F)c1. The van der Waals surface area contributed by atoms with Crippen LogP contribution >= 0.6 is 0 Å². The Balaban J connectivity index is 1.75. The zero-order valence-electron chi connectivity index (χ0n) is 13.1. The van der Waals surface area contributed by atoms with Gasteiger partial charge in [-0.25, -0.2) is 4.39 Å². The highest BCUT2D eigenvalue weighted by Crippen LogP contribution is 2.20. The van der Waals surface area contributed by atoms with E-state index >= 15 is 0 Å². The molecule has 118 valence electrons. The van der Waals surface area contributed by atoms with E-state index in [9.17, 15) is 4.39 Å². The molecule has 0 saturated carbocycles. The van der Waals surface area contributed by atoms with Gasteiger partial charge in [-0.2, -0.15) is 0 Å². The number of benzene rings is 2. The van der Waals surface area contributed by atoms with E-state index in [4.69, 9.17) is 9.47 Å². The standard InChI is InChI=1S/C18H22FNO2/c1-21-16-7-3-5-14(13-16)9-11-20-12-10-15-6-4-8-17(22-2)18(15)19/h3-8,13,20H,9-12H2,1-2H3. The third-order valence-electron chi connectivity index (χ3n) is 3.56. The monoisotopic (exact) mass is 303 g/mol. The van der Waals surface area contributed by atoms with Crippen LogP contribution in [0.3, 0.4) is 0 Å². The van der Waals surface area contributed by atoms with Crippen LogP contribution in [0, 0.1) is 5.82 Å². The van der Waals surface area contributed by atoms with Gasteiger partial charge >= 0.3 is 0 Å². The molecule has 0 amide bonds. The smallest absolute Gasteiger partial charge is 0.168 e. The van der Waals surface area contributed by atoms with Crippen LogP contribution in [0.5, 0.6) is 11.5 Å². The third kappa shape index (κ3) is 4.46. The maximum absolute atomic E-state index is 14.0. The van der Waals surface area contributed by atoms with Gasteiger partial charge in [0.15, 0.2) is 11.6 Å². The molecule has 0 spiro atoms. The van der Waals surface area contributed by atoms with Crippen LogP contribution in [0.15, 0.2) is 42.5 Å². The zero-order chi connectivity index (χ0) is 15.8. The largest absolute Gasteiger partial charge is 0.497 e. The second-order valence-corrected chi connectivity index (χ2v) is 5.03. The van der Waals surface area contributed by atoms with Gasteiger partial charge < -0.3 is 14.8 Å². The lowest BCUT2D eigenvalue weighted by Crippen LogP contribution is -2.20. The number of hydrogen-bond donors (Lipinski definition) is 1. The fraction of sp³-hybridized carbons (Fsp3) is 0.333. The summed E-state index contributed by atoms with van der Waals surface area (Å²) in [6, 6.07) is 13.3. The van der Waals surface area contributed by atoms with Crippen molar-refractivity contribution in [2.45, 2.75) is 12.8 Å². The third-order valence-corrected chi connectivity index (χ3v) is 3.56. The lowest BCUT2D eigenvalue weighted by atomic mass is 10.1. The molecule has 0 radical (unpaired) electrons. The summed E-state index contributed by atoms with van der Waals surface area (Å²) in [5.74, 6) is 0.907. The average molecular weight is 303 g/mol. The predicted octanol–water partition coefficient (Wildman–Crippen LogP) is 3.22. The van der Waals surface area contributed by atoms with Gasteiger partial charge in [0, 0.05) is 0 Å². The van der Waals surface area contributed by atoms with Crippen LogP contribution in [0.4, 0.5) is 4.39 Å². The molecule has 4 heteroatoms. The Labute approximate surface area is 131 Å². The molecule has 0 aliphatic heterocycles. The Morgan fingerprint density at radius 3 is 2.50 bits per heavy atom. The molecule has 1 N–H and O–H groups in total. The Bertz CT molecular complexity index is 601. The molecular weight excluding hydrogens is 281 g/mol. The zero-order valence-corrected chi connectivity index (χ0v) is 13.1. The van der Waals surface area contributed by atoms with E-state index < -0.39 is 0 Å². The van der Waals surface area contributed by atoms with Crippen LogP contribution in [-0.2, 0) is 12.8 Å². The van der Waals surface area contributed by atoms with Crippen LogP contribution in [0.25, 0.3) is 0 Å². The van der Waals surface area contributed by atoms with Crippen LogP contribution in [-0.4, -0.2) is 27.3 Å². The Hall–Kier alpha value is -2.07. The van der Waals surface area contributed by atoms with Crippen molar-refractivity contribution in [3.63, 3.8) is 0 Å². The second kappa shape index (κ2) is 8.39. The summed E-state index contributed by atoms with van der Waals surface area (Å²) in [4.78, 5) is 0. The molecule has 0 saturated heterocycles. The maximum Gasteiger partial charge on any atom is 0.168 e. The van der Waals surface area contributed by atoms with Crippen LogP contribution in [0.2, 0.25) is 0 Å². The van der Waals surface area contributed by atoms with Gasteiger partial charge in [0.25, 0.3) is 0 Å². The van der Waals surface area contributed by atoms with E-state index in [1.807, 2.05) is 24.3 Å². The van der Waals surface area contributed by atoms with Crippen molar-refractivity contribution in [3.05, 3.63) is 59.4 Å². The Morgan fingerprint density at radius 2 is 1.73 bits per heavy atom. The lowest BCUT2D eigenvalue weighted by molar-refractivity contribution is 0.384. The van der Waals surface area contributed by atoms with Gasteiger partial charge in [-0.15, -0.1) is 0 Å². The number of ether oxygens (including phenoxy) is 2. The molecule has 3 nitrogen and oxygen atoms in total. The van der Waals surface area contributed by atoms with E-state index in [0.29, 0.717) is 17.7 Å².